The molecule has 1 aromatic heterocycles. The Hall–Kier alpha value is -3.45. The van der Waals surface area contributed by atoms with Crippen LogP contribution in [-0.4, -0.2) is 54.2 Å². The molecule has 1 N–H and O–H groups in total. The first-order chi connectivity index (χ1) is 14.7. The summed E-state index contributed by atoms with van der Waals surface area (Å²) < 4.78 is 6.03. The number of carbonyl (C=O) groups is 1. The highest BCUT2D eigenvalue weighted by molar-refractivity contribution is 6.06. The van der Waals surface area contributed by atoms with Crippen molar-refractivity contribution in [2.45, 2.75) is 6.61 Å². The number of hydrogen-bond donors (Lipinski definition) is 1. The normalized spacial score (nSPS) is 14.4. The van der Waals surface area contributed by atoms with Crippen LogP contribution < -0.4 is 15.0 Å². The summed E-state index contributed by atoms with van der Waals surface area (Å²) in [6.45, 7) is 4.24. The highest BCUT2D eigenvalue weighted by atomic mass is 16.5. The summed E-state index contributed by atoms with van der Waals surface area (Å²) in [5.41, 5.74) is 3.16. The molecule has 30 heavy (non-hydrogen) atoms. The van der Waals surface area contributed by atoms with Crippen molar-refractivity contribution in [1.29, 1.82) is 0 Å². The lowest BCUT2D eigenvalue weighted by molar-refractivity contribution is 0.102. The van der Waals surface area contributed by atoms with Crippen LogP contribution in [0.25, 0.3) is 0 Å². The van der Waals surface area contributed by atoms with E-state index in [1.165, 1.54) is 6.20 Å². The number of likely N-dealkylation sites (N-methyl/N-ethyl adjacent to an activating group) is 1. The molecule has 154 valence electrons. The quantitative estimate of drug-likeness (QED) is 0.682. The van der Waals surface area contributed by atoms with Crippen LogP contribution in [0.2, 0.25) is 0 Å². The standard InChI is InChI=1S/C23H25N5O2/c1-27-11-13-28(14-12-27)20-7-8-22(30-17-18-5-3-2-4-6-18)21(15-20)23(29)26-19-9-10-24-25-16-19/h2-10,15-16H,11-14,17H2,1H3,(H,24,26,29). The van der Waals surface area contributed by atoms with Gasteiger partial charge in [0.05, 0.1) is 23.6 Å². The molecule has 0 unspecified atom stereocenters. The maximum absolute atomic E-state index is 13.1. The summed E-state index contributed by atoms with van der Waals surface area (Å²) in [5.74, 6) is 0.318. The van der Waals surface area contributed by atoms with Crippen molar-refractivity contribution >= 4 is 17.3 Å². The van der Waals surface area contributed by atoms with Crippen LogP contribution in [0.5, 0.6) is 5.75 Å². The van der Waals surface area contributed by atoms with E-state index in [0.717, 1.165) is 37.4 Å². The van der Waals surface area contributed by atoms with Gasteiger partial charge in [-0.1, -0.05) is 30.3 Å². The van der Waals surface area contributed by atoms with Crippen molar-refractivity contribution in [3.63, 3.8) is 0 Å². The number of benzene rings is 2. The molecule has 1 saturated heterocycles. The first-order valence-corrected chi connectivity index (χ1v) is 10.0. The van der Waals surface area contributed by atoms with Gasteiger partial charge in [-0.3, -0.25) is 4.79 Å². The van der Waals surface area contributed by atoms with E-state index in [2.05, 4.69) is 32.4 Å². The number of hydrogen-bond acceptors (Lipinski definition) is 6. The smallest absolute Gasteiger partial charge is 0.259 e. The average molecular weight is 403 g/mol. The van der Waals surface area contributed by atoms with Crippen LogP contribution in [0, 0.1) is 0 Å². The maximum atomic E-state index is 13.1. The zero-order valence-electron chi connectivity index (χ0n) is 17.0. The Morgan fingerprint density at radius 2 is 1.83 bits per heavy atom. The fourth-order valence-corrected chi connectivity index (χ4v) is 3.38. The number of rotatable bonds is 6. The van der Waals surface area contributed by atoms with Crippen LogP contribution in [0.4, 0.5) is 11.4 Å². The van der Waals surface area contributed by atoms with Crippen molar-refractivity contribution < 1.29 is 9.53 Å². The predicted molar refractivity (Wildman–Crippen MR) is 117 cm³/mol. The number of piperazine rings is 1. The van der Waals surface area contributed by atoms with Crippen molar-refractivity contribution in [3.8, 4) is 5.75 Å². The summed E-state index contributed by atoms with van der Waals surface area (Å²) in [5, 5.41) is 10.5. The maximum Gasteiger partial charge on any atom is 0.259 e. The molecule has 0 spiro atoms. The lowest BCUT2D eigenvalue weighted by Gasteiger charge is -2.34. The second kappa shape index (κ2) is 9.37. The van der Waals surface area contributed by atoms with Gasteiger partial charge in [0.2, 0.25) is 0 Å². The van der Waals surface area contributed by atoms with E-state index in [1.807, 2.05) is 48.5 Å². The summed E-state index contributed by atoms with van der Waals surface area (Å²) in [6.07, 6.45) is 3.07. The molecule has 3 aromatic rings. The molecule has 7 nitrogen and oxygen atoms in total. The SMILES string of the molecule is CN1CCN(c2ccc(OCc3ccccc3)c(C(=O)Nc3ccnnc3)c2)CC1. The van der Waals surface area contributed by atoms with Gasteiger partial charge in [-0.15, -0.1) is 0 Å². The lowest BCUT2D eigenvalue weighted by atomic mass is 10.1. The number of carbonyl (C=O) groups excluding carboxylic acids is 1. The highest BCUT2D eigenvalue weighted by Crippen LogP contribution is 2.27. The van der Waals surface area contributed by atoms with E-state index in [4.69, 9.17) is 4.74 Å². The third-order valence-corrected chi connectivity index (χ3v) is 5.16. The number of aromatic nitrogens is 2. The van der Waals surface area contributed by atoms with Gasteiger partial charge in [0.25, 0.3) is 5.91 Å². The van der Waals surface area contributed by atoms with Gasteiger partial charge in [-0.05, 0) is 36.9 Å². The first kappa shape index (κ1) is 19.8. The zero-order valence-corrected chi connectivity index (χ0v) is 17.0. The van der Waals surface area contributed by atoms with Gasteiger partial charge in [-0.2, -0.15) is 10.2 Å². The molecule has 0 atom stereocenters. The van der Waals surface area contributed by atoms with Crippen molar-refractivity contribution in [2.75, 3.05) is 43.4 Å². The predicted octanol–water partition coefficient (Wildman–Crippen LogP) is 3.06. The summed E-state index contributed by atoms with van der Waals surface area (Å²) >= 11 is 0. The van der Waals surface area contributed by atoms with Gasteiger partial charge in [0.15, 0.2) is 0 Å². The summed E-state index contributed by atoms with van der Waals surface area (Å²) in [6, 6.07) is 17.4. The van der Waals surface area contributed by atoms with Crippen LogP contribution in [-0.2, 0) is 6.61 Å². The molecular weight excluding hydrogens is 378 g/mol. The van der Waals surface area contributed by atoms with E-state index in [1.54, 1.807) is 12.3 Å². The van der Waals surface area contributed by atoms with Gasteiger partial charge < -0.3 is 19.9 Å². The molecule has 0 aliphatic carbocycles. The van der Waals surface area contributed by atoms with E-state index < -0.39 is 0 Å². The molecule has 7 heteroatoms. The fourth-order valence-electron chi connectivity index (χ4n) is 3.38. The van der Waals surface area contributed by atoms with Gasteiger partial charge >= 0.3 is 0 Å². The van der Waals surface area contributed by atoms with E-state index >= 15 is 0 Å². The Morgan fingerprint density at radius 1 is 1.03 bits per heavy atom. The van der Waals surface area contributed by atoms with E-state index in [-0.39, 0.29) is 5.91 Å². The number of anilines is 2. The Morgan fingerprint density at radius 3 is 2.57 bits per heavy atom. The van der Waals surface area contributed by atoms with Gasteiger partial charge in [0.1, 0.15) is 12.4 Å². The molecule has 0 bridgehead atoms. The number of ether oxygens (including phenoxy) is 1. The Balaban J connectivity index is 1.58. The Kier molecular flexibility index (Phi) is 6.20. The van der Waals surface area contributed by atoms with Crippen LogP contribution in [0.1, 0.15) is 15.9 Å². The van der Waals surface area contributed by atoms with Crippen molar-refractivity contribution in [3.05, 3.63) is 78.1 Å². The van der Waals surface area contributed by atoms with Crippen LogP contribution >= 0.6 is 0 Å². The van der Waals surface area contributed by atoms with Gasteiger partial charge in [-0.25, -0.2) is 0 Å². The molecule has 0 radical (unpaired) electrons. The molecule has 1 aliphatic rings. The molecule has 1 fully saturated rings. The molecule has 2 heterocycles. The molecular formula is C23H25N5O2. The highest BCUT2D eigenvalue weighted by Gasteiger charge is 2.19. The van der Waals surface area contributed by atoms with Crippen LogP contribution in [0.15, 0.2) is 67.0 Å². The molecule has 1 aliphatic heterocycles. The number of amides is 1. The monoisotopic (exact) mass is 403 g/mol. The van der Waals surface area contributed by atoms with E-state index in [0.29, 0.717) is 23.6 Å². The van der Waals surface area contributed by atoms with Crippen molar-refractivity contribution in [2.24, 2.45) is 0 Å². The zero-order chi connectivity index (χ0) is 20.8. The third kappa shape index (κ3) is 4.93. The summed E-state index contributed by atoms with van der Waals surface area (Å²) in [7, 11) is 2.12. The first-order valence-electron chi connectivity index (χ1n) is 10.0. The average Bonchev–Trinajstić information content (AvgIpc) is 2.79. The summed E-state index contributed by atoms with van der Waals surface area (Å²) in [4.78, 5) is 17.7. The Bertz CT molecular complexity index is 973. The Labute approximate surface area is 176 Å². The van der Waals surface area contributed by atoms with Crippen molar-refractivity contribution in [1.82, 2.24) is 15.1 Å². The molecule has 4 rings (SSSR count). The topological polar surface area (TPSA) is 70.6 Å². The fraction of sp³-hybridized carbons (Fsp3) is 0.261. The molecule has 2 aromatic carbocycles. The minimum Gasteiger partial charge on any atom is -0.488 e. The second-order valence-electron chi connectivity index (χ2n) is 7.33. The molecule has 1 amide bonds. The third-order valence-electron chi connectivity index (χ3n) is 5.16. The minimum absolute atomic E-state index is 0.234. The molecule has 0 saturated carbocycles. The number of nitrogens with zero attached hydrogens (tertiary/aromatic N) is 4. The largest absolute Gasteiger partial charge is 0.488 e. The lowest BCUT2D eigenvalue weighted by Crippen LogP contribution is -2.44. The van der Waals surface area contributed by atoms with Crippen LogP contribution in [0.3, 0.4) is 0 Å². The minimum atomic E-state index is -0.234. The second-order valence-corrected chi connectivity index (χ2v) is 7.33. The van der Waals surface area contributed by atoms with E-state index in [9.17, 15) is 4.79 Å². The van der Waals surface area contributed by atoms with Gasteiger partial charge in [0, 0.05) is 31.9 Å². The number of nitrogens with one attached hydrogen (secondary N) is 1.